The fourth-order valence-corrected chi connectivity index (χ4v) is 3.60. The van der Waals surface area contributed by atoms with Crippen LogP contribution in [0, 0.1) is 0 Å². The second-order valence-corrected chi connectivity index (χ2v) is 7.48. The van der Waals surface area contributed by atoms with Gasteiger partial charge in [0.05, 0.1) is 16.6 Å². The van der Waals surface area contributed by atoms with E-state index in [4.69, 9.17) is 11.6 Å². The van der Waals surface area contributed by atoms with Gasteiger partial charge in [-0.1, -0.05) is 29.8 Å². The van der Waals surface area contributed by atoms with E-state index >= 15 is 0 Å². The Kier molecular flexibility index (Phi) is 6.17. The van der Waals surface area contributed by atoms with Crippen molar-refractivity contribution in [3.05, 3.63) is 63.7 Å². The fraction of sp³-hybridized carbons (Fsp3) is 0.333. The van der Waals surface area contributed by atoms with Crippen LogP contribution in [0.1, 0.15) is 48.1 Å². The third-order valence-electron chi connectivity index (χ3n) is 4.96. The molecule has 0 aliphatic heterocycles. The van der Waals surface area contributed by atoms with E-state index in [1.54, 1.807) is 6.92 Å². The summed E-state index contributed by atoms with van der Waals surface area (Å²) in [5, 5.41) is 4.27. The van der Waals surface area contributed by atoms with E-state index in [0.29, 0.717) is 6.07 Å². The maximum atomic E-state index is 12.9. The normalized spacial score (nSPS) is 14.7. The highest BCUT2D eigenvalue weighted by Gasteiger charge is 2.33. The third-order valence-corrected chi connectivity index (χ3v) is 5.29. The molecule has 2 N–H and O–H groups in total. The quantitative estimate of drug-likeness (QED) is 0.677. The van der Waals surface area contributed by atoms with Crippen LogP contribution in [0.15, 0.2) is 36.4 Å². The zero-order chi connectivity index (χ0) is 21.2. The van der Waals surface area contributed by atoms with Crippen LogP contribution in [-0.4, -0.2) is 11.8 Å². The highest BCUT2D eigenvalue weighted by molar-refractivity contribution is 6.39. The van der Waals surface area contributed by atoms with Crippen molar-refractivity contribution >= 4 is 29.1 Å². The second-order valence-electron chi connectivity index (χ2n) is 7.08. The highest BCUT2D eigenvalue weighted by Crippen LogP contribution is 2.36. The van der Waals surface area contributed by atoms with E-state index in [1.807, 2.05) is 18.2 Å². The smallest absolute Gasteiger partial charge is 0.341 e. The van der Waals surface area contributed by atoms with Gasteiger partial charge in [0, 0.05) is 5.69 Å². The SMILES string of the molecule is CC(NC(=O)C(=O)Nc1ccc(Cl)c(C(F)(F)F)c1)c1ccc2c(c1)CCCC2. The standard InChI is InChI=1S/C21H20ClF3N2O2/c1-12(14-7-6-13-4-2-3-5-15(13)10-14)26-19(28)20(29)27-16-8-9-18(22)17(11-16)21(23,24)25/h6-12H,2-5H2,1H3,(H,26,28)(H,27,29). The first-order valence-corrected chi connectivity index (χ1v) is 9.63. The predicted molar refractivity (Wildman–Crippen MR) is 105 cm³/mol. The molecule has 1 aliphatic rings. The second kappa shape index (κ2) is 8.45. The molecule has 0 spiro atoms. The van der Waals surface area contributed by atoms with Gasteiger partial charge in [-0.3, -0.25) is 9.59 Å². The van der Waals surface area contributed by atoms with Gasteiger partial charge in [-0.25, -0.2) is 0 Å². The number of anilines is 1. The number of halogens is 4. The van der Waals surface area contributed by atoms with E-state index in [0.717, 1.165) is 30.9 Å². The summed E-state index contributed by atoms with van der Waals surface area (Å²) in [6, 6.07) is 8.49. The molecule has 0 radical (unpaired) electrons. The summed E-state index contributed by atoms with van der Waals surface area (Å²) in [4.78, 5) is 24.3. The minimum absolute atomic E-state index is 0.164. The number of aryl methyl sites for hydroxylation is 2. The van der Waals surface area contributed by atoms with Crippen LogP contribution in [0.25, 0.3) is 0 Å². The molecule has 1 unspecified atom stereocenters. The van der Waals surface area contributed by atoms with Gasteiger partial charge in [0.1, 0.15) is 0 Å². The molecule has 0 aromatic heterocycles. The molecule has 4 nitrogen and oxygen atoms in total. The summed E-state index contributed by atoms with van der Waals surface area (Å²) in [7, 11) is 0. The van der Waals surface area contributed by atoms with Crippen molar-refractivity contribution < 1.29 is 22.8 Å². The summed E-state index contributed by atoms with van der Waals surface area (Å²) < 4.78 is 38.8. The van der Waals surface area contributed by atoms with Gasteiger partial charge in [0.2, 0.25) is 0 Å². The van der Waals surface area contributed by atoms with Crippen LogP contribution in [0.2, 0.25) is 5.02 Å². The summed E-state index contributed by atoms with van der Waals surface area (Å²) in [5.41, 5.74) is 2.18. The minimum Gasteiger partial charge on any atom is -0.341 e. The Labute approximate surface area is 171 Å². The summed E-state index contributed by atoms with van der Waals surface area (Å²) >= 11 is 5.56. The van der Waals surface area contributed by atoms with Crippen molar-refractivity contribution in [3.8, 4) is 0 Å². The zero-order valence-corrected chi connectivity index (χ0v) is 16.5. The minimum atomic E-state index is -4.67. The number of alkyl halides is 3. The maximum Gasteiger partial charge on any atom is 0.417 e. The van der Waals surface area contributed by atoms with Gasteiger partial charge in [0.25, 0.3) is 0 Å². The van der Waals surface area contributed by atoms with E-state index in [9.17, 15) is 22.8 Å². The van der Waals surface area contributed by atoms with Crippen molar-refractivity contribution in [3.63, 3.8) is 0 Å². The molecule has 154 valence electrons. The first-order chi connectivity index (χ1) is 13.6. The lowest BCUT2D eigenvalue weighted by Crippen LogP contribution is -2.37. The lowest BCUT2D eigenvalue weighted by molar-refractivity contribution is -0.137. The van der Waals surface area contributed by atoms with Crippen LogP contribution in [-0.2, 0) is 28.6 Å². The van der Waals surface area contributed by atoms with Gasteiger partial charge < -0.3 is 10.6 Å². The molecule has 0 saturated heterocycles. The molecule has 2 amide bonds. The lowest BCUT2D eigenvalue weighted by Gasteiger charge is -2.20. The monoisotopic (exact) mass is 424 g/mol. The third kappa shape index (κ3) is 5.09. The Hall–Kier alpha value is -2.54. The molecule has 2 aromatic rings. The number of carbonyl (C=O) groups is 2. The molecule has 0 bridgehead atoms. The van der Waals surface area contributed by atoms with Gasteiger partial charge in [-0.05, 0) is 67.5 Å². The molecule has 0 heterocycles. The predicted octanol–water partition coefficient (Wildman–Crippen LogP) is 5.05. The average molecular weight is 425 g/mol. The molecule has 0 fully saturated rings. The molecule has 8 heteroatoms. The molecule has 1 aliphatic carbocycles. The van der Waals surface area contributed by atoms with Crippen LogP contribution in [0.5, 0.6) is 0 Å². The van der Waals surface area contributed by atoms with Crippen LogP contribution in [0.4, 0.5) is 18.9 Å². The summed E-state index contributed by atoms with van der Waals surface area (Å²) in [5.74, 6) is -1.98. The van der Waals surface area contributed by atoms with Crippen LogP contribution >= 0.6 is 11.6 Å². The topological polar surface area (TPSA) is 58.2 Å². The molecule has 1 atom stereocenters. The molecule has 29 heavy (non-hydrogen) atoms. The molecule has 0 saturated carbocycles. The van der Waals surface area contributed by atoms with Crippen molar-refractivity contribution in [1.82, 2.24) is 5.32 Å². The van der Waals surface area contributed by atoms with Gasteiger partial charge in [-0.2, -0.15) is 13.2 Å². The molecule has 3 rings (SSSR count). The Morgan fingerprint density at radius 1 is 1.00 bits per heavy atom. The number of nitrogens with one attached hydrogen (secondary N) is 2. The Morgan fingerprint density at radius 3 is 2.38 bits per heavy atom. The van der Waals surface area contributed by atoms with E-state index in [1.165, 1.54) is 23.6 Å². The number of fused-ring (bicyclic) bond motifs is 1. The van der Waals surface area contributed by atoms with Crippen molar-refractivity contribution in [1.29, 1.82) is 0 Å². The first kappa shape index (κ1) is 21.2. The Morgan fingerprint density at radius 2 is 1.69 bits per heavy atom. The van der Waals surface area contributed by atoms with E-state index in [-0.39, 0.29) is 5.69 Å². The number of amides is 2. The van der Waals surface area contributed by atoms with Gasteiger partial charge in [0.15, 0.2) is 0 Å². The average Bonchev–Trinajstić information content (AvgIpc) is 2.68. The van der Waals surface area contributed by atoms with Gasteiger partial charge >= 0.3 is 18.0 Å². The van der Waals surface area contributed by atoms with Crippen LogP contribution in [0.3, 0.4) is 0 Å². The summed E-state index contributed by atoms with van der Waals surface area (Å²) in [6.45, 7) is 1.75. The van der Waals surface area contributed by atoms with E-state index < -0.39 is 34.6 Å². The van der Waals surface area contributed by atoms with Crippen molar-refractivity contribution in [2.24, 2.45) is 0 Å². The number of rotatable bonds is 3. The van der Waals surface area contributed by atoms with Crippen molar-refractivity contribution in [2.45, 2.75) is 44.8 Å². The Balaban J connectivity index is 1.66. The zero-order valence-electron chi connectivity index (χ0n) is 15.7. The van der Waals surface area contributed by atoms with E-state index in [2.05, 4.69) is 10.6 Å². The van der Waals surface area contributed by atoms with Crippen LogP contribution < -0.4 is 10.6 Å². The number of carbonyl (C=O) groups excluding carboxylic acids is 2. The number of hydrogen-bond donors (Lipinski definition) is 2. The maximum absolute atomic E-state index is 12.9. The fourth-order valence-electron chi connectivity index (χ4n) is 3.38. The summed E-state index contributed by atoms with van der Waals surface area (Å²) in [6.07, 6.45) is -0.344. The number of hydrogen-bond acceptors (Lipinski definition) is 2. The number of benzene rings is 2. The Bertz CT molecular complexity index is 944. The molecule has 2 aromatic carbocycles. The largest absolute Gasteiger partial charge is 0.417 e. The molecular weight excluding hydrogens is 405 g/mol. The first-order valence-electron chi connectivity index (χ1n) is 9.25. The highest BCUT2D eigenvalue weighted by atomic mass is 35.5. The lowest BCUT2D eigenvalue weighted by atomic mass is 9.89. The van der Waals surface area contributed by atoms with Gasteiger partial charge in [-0.15, -0.1) is 0 Å². The molecular formula is C21H20ClF3N2O2. The van der Waals surface area contributed by atoms with Crippen molar-refractivity contribution in [2.75, 3.05) is 5.32 Å².